The highest BCUT2D eigenvalue weighted by molar-refractivity contribution is 5.68. The van der Waals surface area contributed by atoms with E-state index in [1.165, 1.54) is 0 Å². The van der Waals surface area contributed by atoms with E-state index in [4.69, 9.17) is 22.0 Å². The number of ether oxygens (including phenoxy) is 1. The summed E-state index contributed by atoms with van der Waals surface area (Å²) >= 11 is 0. The van der Waals surface area contributed by atoms with Gasteiger partial charge in [0.25, 0.3) is 0 Å². The summed E-state index contributed by atoms with van der Waals surface area (Å²) in [6, 6.07) is 19.5. The SMILES string of the molecule is NNc1nc(N)cc(Cc2cnn(-c3cccc(COc4ccccc4)c3)c2)c1N. The minimum absolute atomic E-state index is 0.352. The van der Waals surface area contributed by atoms with Crippen molar-refractivity contribution in [3.63, 3.8) is 0 Å². The number of pyridine rings is 1. The zero-order chi connectivity index (χ0) is 20.9. The highest BCUT2D eigenvalue weighted by atomic mass is 16.5. The third-order valence-corrected chi connectivity index (χ3v) is 4.66. The van der Waals surface area contributed by atoms with Crippen LogP contribution in [0.25, 0.3) is 5.69 Å². The van der Waals surface area contributed by atoms with Gasteiger partial charge >= 0.3 is 0 Å². The van der Waals surface area contributed by atoms with Crippen LogP contribution in [0.4, 0.5) is 17.3 Å². The van der Waals surface area contributed by atoms with Gasteiger partial charge in [-0.15, -0.1) is 0 Å². The van der Waals surface area contributed by atoms with Crippen molar-refractivity contribution in [2.24, 2.45) is 5.84 Å². The fraction of sp³-hybridized carbons (Fsp3) is 0.0909. The van der Waals surface area contributed by atoms with Gasteiger partial charge in [-0.1, -0.05) is 30.3 Å². The minimum atomic E-state index is 0.352. The first-order valence-electron chi connectivity index (χ1n) is 9.44. The molecular formula is C22H23N7O. The summed E-state index contributed by atoms with van der Waals surface area (Å²) in [5, 5.41) is 4.48. The molecule has 8 nitrogen and oxygen atoms in total. The molecule has 30 heavy (non-hydrogen) atoms. The first-order valence-corrected chi connectivity index (χ1v) is 9.44. The van der Waals surface area contributed by atoms with Crippen molar-refractivity contribution in [3.8, 4) is 11.4 Å². The first-order chi connectivity index (χ1) is 14.6. The zero-order valence-electron chi connectivity index (χ0n) is 16.3. The standard InChI is InChI=1S/C22H23N7O/c23-20-11-17(21(24)22(27-20)28-25)9-16-12-26-29(13-16)18-6-4-5-15(10-18)14-30-19-7-2-1-3-8-19/h1-8,10-13H,9,14,24-25H2,(H3,23,27,28). The predicted octanol–water partition coefficient (Wildman–Crippen LogP) is 2.89. The predicted molar refractivity (Wildman–Crippen MR) is 118 cm³/mol. The molecule has 2 aromatic heterocycles. The Morgan fingerprint density at radius 3 is 2.60 bits per heavy atom. The topological polar surface area (TPSA) is 130 Å². The van der Waals surface area contributed by atoms with Crippen LogP contribution in [-0.2, 0) is 13.0 Å². The average Bonchev–Trinajstić information content (AvgIpc) is 3.24. The molecule has 8 heteroatoms. The van der Waals surface area contributed by atoms with Gasteiger partial charge in [-0.2, -0.15) is 5.10 Å². The number of nitrogens with two attached hydrogens (primary N) is 3. The molecule has 0 aliphatic carbocycles. The summed E-state index contributed by atoms with van der Waals surface area (Å²) in [7, 11) is 0. The van der Waals surface area contributed by atoms with Crippen molar-refractivity contribution in [1.29, 1.82) is 0 Å². The number of aromatic nitrogens is 3. The number of para-hydroxylation sites is 1. The number of hydrogen-bond donors (Lipinski definition) is 4. The van der Waals surface area contributed by atoms with Crippen molar-refractivity contribution < 1.29 is 4.74 Å². The second-order valence-electron chi connectivity index (χ2n) is 6.85. The normalized spacial score (nSPS) is 10.7. The lowest BCUT2D eigenvalue weighted by molar-refractivity contribution is 0.306. The van der Waals surface area contributed by atoms with E-state index in [1.807, 2.05) is 59.4 Å². The third kappa shape index (κ3) is 4.34. The fourth-order valence-corrected chi connectivity index (χ4v) is 3.17. The third-order valence-electron chi connectivity index (χ3n) is 4.66. The van der Waals surface area contributed by atoms with Gasteiger partial charge < -0.3 is 21.6 Å². The summed E-state index contributed by atoms with van der Waals surface area (Å²) in [6.07, 6.45) is 4.32. The molecule has 0 radical (unpaired) electrons. The van der Waals surface area contributed by atoms with Crippen molar-refractivity contribution in [1.82, 2.24) is 14.8 Å². The van der Waals surface area contributed by atoms with E-state index in [9.17, 15) is 0 Å². The summed E-state index contributed by atoms with van der Waals surface area (Å²) in [5.41, 5.74) is 18.7. The van der Waals surface area contributed by atoms with Crippen LogP contribution in [-0.4, -0.2) is 14.8 Å². The van der Waals surface area contributed by atoms with Crippen LogP contribution < -0.4 is 27.5 Å². The molecule has 2 aromatic carbocycles. The molecule has 0 saturated heterocycles. The number of benzene rings is 2. The lowest BCUT2D eigenvalue weighted by atomic mass is 10.1. The number of rotatable bonds is 7. The highest BCUT2D eigenvalue weighted by Crippen LogP contribution is 2.25. The maximum Gasteiger partial charge on any atom is 0.165 e. The Morgan fingerprint density at radius 2 is 1.80 bits per heavy atom. The Labute approximate surface area is 174 Å². The van der Waals surface area contributed by atoms with Crippen molar-refractivity contribution in [3.05, 3.63) is 89.7 Å². The largest absolute Gasteiger partial charge is 0.489 e. The van der Waals surface area contributed by atoms with Gasteiger partial charge in [-0.3, -0.25) is 0 Å². The van der Waals surface area contributed by atoms with Crippen LogP contribution >= 0.6 is 0 Å². The molecule has 152 valence electrons. The van der Waals surface area contributed by atoms with Crippen molar-refractivity contribution in [2.75, 3.05) is 16.9 Å². The molecule has 0 spiro atoms. The summed E-state index contributed by atoms with van der Waals surface area (Å²) < 4.78 is 7.66. The van der Waals surface area contributed by atoms with Gasteiger partial charge in [-0.05, 0) is 47.0 Å². The van der Waals surface area contributed by atoms with E-state index in [1.54, 1.807) is 12.3 Å². The summed E-state index contributed by atoms with van der Waals surface area (Å²) in [6.45, 7) is 0.480. The Bertz CT molecular complexity index is 1140. The number of anilines is 3. The molecular weight excluding hydrogens is 378 g/mol. The molecule has 2 heterocycles. The second-order valence-corrected chi connectivity index (χ2v) is 6.85. The molecule has 0 amide bonds. The molecule has 0 aliphatic heterocycles. The van der Waals surface area contributed by atoms with E-state index >= 15 is 0 Å². The van der Waals surface area contributed by atoms with Crippen LogP contribution in [0.5, 0.6) is 5.75 Å². The quantitative estimate of drug-likeness (QED) is 0.277. The van der Waals surface area contributed by atoms with E-state index in [0.717, 1.165) is 28.1 Å². The molecule has 7 N–H and O–H groups in total. The van der Waals surface area contributed by atoms with Crippen LogP contribution in [0.2, 0.25) is 0 Å². The van der Waals surface area contributed by atoms with Gasteiger partial charge in [0.15, 0.2) is 5.82 Å². The molecule has 0 aliphatic rings. The summed E-state index contributed by atoms with van der Waals surface area (Å²) in [5.74, 6) is 7.02. The van der Waals surface area contributed by atoms with Crippen LogP contribution in [0.1, 0.15) is 16.7 Å². The Morgan fingerprint density at radius 1 is 0.967 bits per heavy atom. The fourth-order valence-electron chi connectivity index (χ4n) is 3.17. The molecule has 0 atom stereocenters. The number of nitrogens with zero attached hydrogens (tertiary/aromatic N) is 3. The van der Waals surface area contributed by atoms with E-state index < -0.39 is 0 Å². The van der Waals surface area contributed by atoms with E-state index in [-0.39, 0.29) is 0 Å². The second kappa shape index (κ2) is 8.54. The lowest BCUT2D eigenvalue weighted by Crippen LogP contribution is -2.13. The maximum absolute atomic E-state index is 6.13. The Kier molecular flexibility index (Phi) is 5.49. The monoisotopic (exact) mass is 401 g/mol. The van der Waals surface area contributed by atoms with Crippen LogP contribution in [0.15, 0.2) is 73.1 Å². The maximum atomic E-state index is 6.13. The van der Waals surface area contributed by atoms with E-state index in [2.05, 4.69) is 21.6 Å². The Hall–Kier alpha value is -4.04. The molecule has 0 bridgehead atoms. The minimum Gasteiger partial charge on any atom is -0.489 e. The van der Waals surface area contributed by atoms with E-state index in [0.29, 0.717) is 30.4 Å². The van der Waals surface area contributed by atoms with Gasteiger partial charge in [0.2, 0.25) is 0 Å². The number of hydrazine groups is 1. The zero-order valence-corrected chi connectivity index (χ0v) is 16.3. The summed E-state index contributed by atoms with van der Waals surface area (Å²) in [4.78, 5) is 4.08. The molecule has 4 aromatic rings. The molecule has 0 unspecified atom stereocenters. The molecule has 0 fully saturated rings. The number of nitrogen functional groups attached to an aromatic ring is 3. The van der Waals surface area contributed by atoms with Gasteiger partial charge in [-0.25, -0.2) is 15.5 Å². The van der Waals surface area contributed by atoms with Crippen LogP contribution in [0, 0.1) is 0 Å². The smallest absolute Gasteiger partial charge is 0.165 e. The van der Waals surface area contributed by atoms with Gasteiger partial charge in [0.1, 0.15) is 18.2 Å². The number of hydrogen-bond acceptors (Lipinski definition) is 7. The molecule has 4 rings (SSSR count). The van der Waals surface area contributed by atoms with Gasteiger partial charge in [0, 0.05) is 12.6 Å². The van der Waals surface area contributed by atoms with Crippen LogP contribution in [0.3, 0.4) is 0 Å². The average molecular weight is 401 g/mol. The van der Waals surface area contributed by atoms with Gasteiger partial charge in [0.05, 0.1) is 17.6 Å². The lowest BCUT2D eigenvalue weighted by Gasteiger charge is -2.10. The van der Waals surface area contributed by atoms with Crippen molar-refractivity contribution in [2.45, 2.75) is 13.0 Å². The number of nitrogens with one attached hydrogen (secondary N) is 1. The first kappa shape index (κ1) is 19.3. The molecule has 0 saturated carbocycles. The van der Waals surface area contributed by atoms with Crippen molar-refractivity contribution >= 4 is 17.3 Å². The Balaban J connectivity index is 1.50. The highest BCUT2D eigenvalue weighted by Gasteiger charge is 2.10.